The van der Waals surface area contributed by atoms with Gasteiger partial charge < -0.3 is 10.6 Å². The molecule has 3 nitrogen and oxygen atoms in total. The van der Waals surface area contributed by atoms with Gasteiger partial charge in [-0.2, -0.15) is 0 Å². The summed E-state index contributed by atoms with van der Waals surface area (Å²) < 4.78 is 0. The summed E-state index contributed by atoms with van der Waals surface area (Å²) in [5, 5.41) is 0. The lowest BCUT2D eigenvalue weighted by atomic mass is 10.0. The van der Waals surface area contributed by atoms with Crippen LogP contribution in [0.4, 0.5) is 0 Å². The highest BCUT2D eigenvalue weighted by Crippen LogP contribution is 2.13. The third kappa shape index (κ3) is 3.76. The number of benzene rings is 1. The summed E-state index contributed by atoms with van der Waals surface area (Å²) in [7, 11) is 0. The SMILES string of the molecule is CCN(CC)C(N)=NCCc1c(C)cccc1C. The maximum Gasteiger partial charge on any atom is 0.191 e. The molecule has 0 spiro atoms. The van der Waals surface area contributed by atoms with Crippen LogP contribution in [0.3, 0.4) is 0 Å². The average molecular weight is 247 g/mol. The third-order valence-corrected chi connectivity index (χ3v) is 3.37. The molecule has 0 aromatic heterocycles. The van der Waals surface area contributed by atoms with Crippen molar-refractivity contribution >= 4 is 5.96 Å². The molecule has 2 N–H and O–H groups in total. The lowest BCUT2D eigenvalue weighted by Gasteiger charge is -2.19. The van der Waals surface area contributed by atoms with Crippen LogP contribution in [0, 0.1) is 13.8 Å². The Bertz CT molecular complexity index is 386. The number of aryl methyl sites for hydroxylation is 2. The van der Waals surface area contributed by atoms with Crippen LogP contribution in [-0.4, -0.2) is 30.5 Å². The number of hydrogen-bond donors (Lipinski definition) is 1. The van der Waals surface area contributed by atoms with E-state index in [1.807, 2.05) is 0 Å². The van der Waals surface area contributed by atoms with Crippen molar-refractivity contribution in [2.24, 2.45) is 10.7 Å². The predicted octanol–water partition coefficient (Wildman–Crippen LogP) is 2.50. The molecule has 0 saturated carbocycles. The highest BCUT2D eigenvalue weighted by Gasteiger charge is 2.03. The summed E-state index contributed by atoms with van der Waals surface area (Å²) in [4.78, 5) is 6.54. The van der Waals surface area contributed by atoms with Crippen LogP contribution in [0.25, 0.3) is 0 Å². The molecule has 0 aliphatic carbocycles. The topological polar surface area (TPSA) is 41.6 Å². The predicted molar refractivity (Wildman–Crippen MR) is 79.0 cm³/mol. The van der Waals surface area contributed by atoms with E-state index >= 15 is 0 Å². The van der Waals surface area contributed by atoms with E-state index in [4.69, 9.17) is 5.73 Å². The van der Waals surface area contributed by atoms with Crippen molar-refractivity contribution in [1.82, 2.24) is 4.90 Å². The van der Waals surface area contributed by atoms with Gasteiger partial charge in [-0.05, 0) is 50.8 Å². The van der Waals surface area contributed by atoms with E-state index in [2.05, 4.69) is 55.8 Å². The minimum absolute atomic E-state index is 0.659. The van der Waals surface area contributed by atoms with E-state index in [1.165, 1.54) is 16.7 Å². The molecule has 3 heteroatoms. The van der Waals surface area contributed by atoms with E-state index < -0.39 is 0 Å². The molecule has 0 unspecified atom stereocenters. The third-order valence-electron chi connectivity index (χ3n) is 3.37. The van der Waals surface area contributed by atoms with Crippen LogP contribution >= 0.6 is 0 Å². The van der Waals surface area contributed by atoms with Crippen LogP contribution in [0.5, 0.6) is 0 Å². The smallest absolute Gasteiger partial charge is 0.191 e. The molecule has 0 atom stereocenters. The lowest BCUT2D eigenvalue weighted by Crippen LogP contribution is -2.37. The quantitative estimate of drug-likeness (QED) is 0.641. The summed E-state index contributed by atoms with van der Waals surface area (Å²) >= 11 is 0. The number of hydrogen-bond acceptors (Lipinski definition) is 1. The van der Waals surface area contributed by atoms with E-state index in [1.54, 1.807) is 0 Å². The molecule has 0 amide bonds. The van der Waals surface area contributed by atoms with Gasteiger partial charge >= 0.3 is 0 Å². The van der Waals surface area contributed by atoms with Gasteiger partial charge in [-0.15, -0.1) is 0 Å². The zero-order valence-corrected chi connectivity index (χ0v) is 12.0. The Morgan fingerprint density at radius 1 is 1.17 bits per heavy atom. The Kier molecular flexibility index (Phi) is 5.69. The van der Waals surface area contributed by atoms with Gasteiger partial charge in [-0.3, -0.25) is 4.99 Å². The minimum atomic E-state index is 0.659. The largest absolute Gasteiger partial charge is 0.370 e. The van der Waals surface area contributed by atoms with Crippen molar-refractivity contribution in [3.8, 4) is 0 Å². The average Bonchev–Trinajstić information content (AvgIpc) is 2.34. The zero-order chi connectivity index (χ0) is 13.5. The molecule has 0 saturated heterocycles. The van der Waals surface area contributed by atoms with E-state index in [0.717, 1.165) is 26.1 Å². The monoisotopic (exact) mass is 247 g/mol. The molecule has 1 aromatic carbocycles. The van der Waals surface area contributed by atoms with Gasteiger partial charge in [0.15, 0.2) is 5.96 Å². The first-order valence-electron chi connectivity index (χ1n) is 6.70. The van der Waals surface area contributed by atoms with Crippen molar-refractivity contribution in [3.63, 3.8) is 0 Å². The molecule has 0 fully saturated rings. The van der Waals surface area contributed by atoms with Crippen LogP contribution in [-0.2, 0) is 6.42 Å². The maximum absolute atomic E-state index is 5.96. The van der Waals surface area contributed by atoms with Gasteiger partial charge in [-0.1, -0.05) is 18.2 Å². The number of nitrogens with zero attached hydrogens (tertiary/aromatic N) is 2. The summed E-state index contributed by atoms with van der Waals surface area (Å²) in [6.07, 6.45) is 0.959. The first-order valence-corrected chi connectivity index (χ1v) is 6.70. The van der Waals surface area contributed by atoms with Crippen molar-refractivity contribution in [2.45, 2.75) is 34.1 Å². The maximum atomic E-state index is 5.96. The van der Waals surface area contributed by atoms with Crippen LogP contribution in [0.2, 0.25) is 0 Å². The van der Waals surface area contributed by atoms with Crippen LogP contribution in [0.1, 0.15) is 30.5 Å². The molecule has 1 aromatic rings. The molecular formula is C15H25N3. The van der Waals surface area contributed by atoms with Gasteiger partial charge in [0.05, 0.1) is 0 Å². The molecule has 0 heterocycles. The molecule has 0 bridgehead atoms. The van der Waals surface area contributed by atoms with Crippen molar-refractivity contribution in [3.05, 3.63) is 34.9 Å². The van der Waals surface area contributed by atoms with Crippen LogP contribution < -0.4 is 5.73 Å². The Morgan fingerprint density at radius 2 is 1.72 bits per heavy atom. The number of rotatable bonds is 5. The fourth-order valence-electron chi connectivity index (χ4n) is 2.17. The Balaban J connectivity index is 2.63. The highest BCUT2D eigenvalue weighted by molar-refractivity contribution is 5.78. The van der Waals surface area contributed by atoms with E-state index in [-0.39, 0.29) is 0 Å². The summed E-state index contributed by atoms with van der Waals surface area (Å²) in [6.45, 7) is 11.1. The van der Waals surface area contributed by atoms with Gasteiger partial charge in [0.1, 0.15) is 0 Å². The van der Waals surface area contributed by atoms with E-state index in [9.17, 15) is 0 Å². The molecule has 0 aliphatic rings. The Morgan fingerprint density at radius 3 is 2.22 bits per heavy atom. The number of aliphatic imine (C=N–C) groups is 1. The fourth-order valence-corrected chi connectivity index (χ4v) is 2.17. The van der Waals surface area contributed by atoms with Crippen LogP contribution in [0.15, 0.2) is 23.2 Å². The molecular weight excluding hydrogens is 222 g/mol. The standard InChI is InChI=1S/C15H25N3/c1-5-18(6-2)15(16)17-11-10-14-12(3)8-7-9-13(14)4/h7-9H,5-6,10-11H2,1-4H3,(H2,16,17). The fraction of sp³-hybridized carbons (Fsp3) is 0.533. The molecule has 18 heavy (non-hydrogen) atoms. The summed E-state index contributed by atoms with van der Waals surface area (Å²) in [5.74, 6) is 0.659. The zero-order valence-electron chi connectivity index (χ0n) is 12.0. The summed E-state index contributed by atoms with van der Waals surface area (Å²) in [6, 6.07) is 6.40. The molecule has 0 radical (unpaired) electrons. The molecule has 100 valence electrons. The molecule has 0 aliphatic heterocycles. The van der Waals surface area contributed by atoms with Crippen molar-refractivity contribution < 1.29 is 0 Å². The second-order valence-electron chi connectivity index (χ2n) is 4.53. The summed E-state index contributed by atoms with van der Waals surface area (Å²) in [5.41, 5.74) is 10.0. The Hall–Kier alpha value is -1.51. The lowest BCUT2D eigenvalue weighted by molar-refractivity contribution is 0.458. The van der Waals surface area contributed by atoms with E-state index in [0.29, 0.717) is 5.96 Å². The Labute approximate surface area is 111 Å². The first-order chi connectivity index (χ1) is 8.60. The van der Waals surface area contributed by atoms with Gasteiger partial charge in [0.2, 0.25) is 0 Å². The van der Waals surface area contributed by atoms with Gasteiger partial charge in [-0.25, -0.2) is 0 Å². The van der Waals surface area contributed by atoms with Crippen molar-refractivity contribution in [1.29, 1.82) is 0 Å². The first kappa shape index (κ1) is 14.6. The normalized spacial score (nSPS) is 11.7. The number of guanidine groups is 1. The second kappa shape index (κ2) is 7.04. The molecule has 1 rings (SSSR count). The van der Waals surface area contributed by atoms with Crippen molar-refractivity contribution in [2.75, 3.05) is 19.6 Å². The van der Waals surface area contributed by atoms with Gasteiger partial charge in [0.25, 0.3) is 0 Å². The second-order valence-corrected chi connectivity index (χ2v) is 4.53. The minimum Gasteiger partial charge on any atom is -0.370 e. The highest BCUT2D eigenvalue weighted by atomic mass is 15.2. The number of nitrogens with two attached hydrogens (primary N) is 1. The van der Waals surface area contributed by atoms with Gasteiger partial charge in [0, 0.05) is 19.6 Å².